The van der Waals surface area contributed by atoms with Crippen molar-refractivity contribution in [1.82, 2.24) is 5.32 Å². The average molecular weight is 550 g/mol. The van der Waals surface area contributed by atoms with Crippen LogP contribution in [0, 0.1) is 4.78 Å². The molecular weight excluding hydrogens is 510 g/mol. The van der Waals surface area contributed by atoms with Gasteiger partial charge in [-0.05, 0) is 48.9 Å². The third-order valence-electron chi connectivity index (χ3n) is 6.57. The molecule has 2 aromatic rings. The van der Waals surface area contributed by atoms with Gasteiger partial charge in [0.2, 0.25) is 10.0 Å². The van der Waals surface area contributed by atoms with Gasteiger partial charge in [0.1, 0.15) is 0 Å². The van der Waals surface area contributed by atoms with Crippen LogP contribution in [-0.4, -0.2) is 63.8 Å². The molecule has 0 spiro atoms. The van der Waals surface area contributed by atoms with Crippen molar-refractivity contribution in [2.24, 2.45) is 0 Å². The molecule has 1 saturated heterocycles. The van der Waals surface area contributed by atoms with Gasteiger partial charge in [0.25, 0.3) is 5.91 Å². The summed E-state index contributed by atoms with van der Waals surface area (Å²) in [6, 6.07) is 11.7. The molecule has 2 aromatic carbocycles. The molecule has 37 heavy (non-hydrogen) atoms. The maximum atomic E-state index is 13.4. The Morgan fingerprint density at radius 1 is 1.03 bits per heavy atom. The molecule has 1 amide bonds. The van der Waals surface area contributed by atoms with Gasteiger partial charge < -0.3 is 15.5 Å². The third kappa shape index (κ3) is 7.93. The van der Waals surface area contributed by atoms with E-state index in [1.807, 2.05) is 6.07 Å². The Balaban J connectivity index is 1.79. The molecule has 1 atom stereocenters. The van der Waals surface area contributed by atoms with E-state index in [2.05, 4.69) is 22.5 Å². The maximum Gasteiger partial charge on any atom is 0.257 e. The number of benzene rings is 2. The Labute approximate surface area is 221 Å². The molecule has 9 nitrogen and oxygen atoms in total. The van der Waals surface area contributed by atoms with Crippen molar-refractivity contribution in [2.45, 2.75) is 43.9 Å². The summed E-state index contributed by atoms with van der Waals surface area (Å²) in [6.07, 6.45) is 6.18. The van der Waals surface area contributed by atoms with Crippen LogP contribution in [0.15, 0.2) is 47.4 Å². The highest BCUT2D eigenvalue weighted by Crippen LogP contribution is 2.29. The monoisotopic (exact) mass is 549 g/mol. The number of hydrogen-bond acceptors (Lipinski definition) is 7. The summed E-state index contributed by atoms with van der Waals surface area (Å²) in [7, 11) is -5.05. The molecule has 0 radical (unpaired) electrons. The van der Waals surface area contributed by atoms with Crippen molar-refractivity contribution in [3.8, 4) is 0 Å². The maximum absolute atomic E-state index is 13.4. The SMILES string of the molecule is CCCCCCCS(=N)(=O)c1ccc(NC(=O)c2cc(N3CCNCC3)ccc2N(C)S(C)(=O)=O)cc1. The Morgan fingerprint density at radius 2 is 1.68 bits per heavy atom. The van der Waals surface area contributed by atoms with E-state index in [0.29, 0.717) is 16.3 Å². The fraction of sp³-hybridized carbons (Fsp3) is 0.500. The van der Waals surface area contributed by atoms with Crippen molar-refractivity contribution >= 4 is 42.7 Å². The van der Waals surface area contributed by atoms with E-state index in [4.69, 9.17) is 4.78 Å². The molecule has 1 fully saturated rings. The van der Waals surface area contributed by atoms with E-state index in [1.165, 1.54) is 7.05 Å². The zero-order valence-electron chi connectivity index (χ0n) is 22.0. The lowest BCUT2D eigenvalue weighted by atomic mass is 10.1. The number of piperazine rings is 1. The van der Waals surface area contributed by atoms with E-state index in [9.17, 15) is 17.4 Å². The van der Waals surface area contributed by atoms with Crippen LogP contribution >= 0.6 is 0 Å². The summed E-state index contributed by atoms with van der Waals surface area (Å²) < 4.78 is 46.8. The van der Waals surface area contributed by atoms with E-state index < -0.39 is 25.7 Å². The lowest BCUT2D eigenvalue weighted by Gasteiger charge is -2.30. The van der Waals surface area contributed by atoms with Crippen LogP contribution in [0.5, 0.6) is 0 Å². The van der Waals surface area contributed by atoms with Gasteiger partial charge in [-0.15, -0.1) is 0 Å². The van der Waals surface area contributed by atoms with Gasteiger partial charge in [0.15, 0.2) is 0 Å². The summed E-state index contributed by atoms with van der Waals surface area (Å²) in [5, 5.41) is 6.13. The highest BCUT2D eigenvalue weighted by molar-refractivity contribution is 7.92. The van der Waals surface area contributed by atoms with Gasteiger partial charge in [0.05, 0.1) is 27.2 Å². The molecule has 11 heteroatoms. The molecule has 0 saturated carbocycles. The van der Waals surface area contributed by atoms with Crippen molar-refractivity contribution in [1.29, 1.82) is 4.78 Å². The average Bonchev–Trinajstić information content (AvgIpc) is 2.88. The number of unbranched alkanes of at least 4 members (excludes halogenated alkanes) is 4. The first-order chi connectivity index (χ1) is 17.5. The van der Waals surface area contributed by atoms with Gasteiger partial charge >= 0.3 is 0 Å². The molecule has 1 aliphatic rings. The first-order valence-electron chi connectivity index (χ1n) is 12.7. The molecule has 0 aromatic heterocycles. The van der Waals surface area contributed by atoms with E-state index in [-0.39, 0.29) is 11.3 Å². The van der Waals surface area contributed by atoms with Crippen LogP contribution in [0.4, 0.5) is 17.1 Å². The molecule has 0 bridgehead atoms. The number of carbonyl (C=O) groups excluding carboxylic acids is 1. The number of rotatable bonds is 12. The van der Waals surface area contributed by atoms with Crippen molar-refractivity contribution in [3.05, 3.63) is 48.0 Å². The highest BCUT2D eigenvalue weighted by atomic mass is 32.2. The number of amides is 1. The van der Waals surface area contributed by atoms with Crippen molar-refractivity contribution in [3.63, 3.8) is 0 Å². The molecule has 1 aliphatic heterocycles. The van der Waals surface area contributed by atoms with Crippen LogP contribution < -0.4 is 19.8 Å². The van der Waals surface area contributed by atoms with E-state index in [0.717, 1.165) is 74.5 Å². The zero-order valence-corrected chi connectivity index (χ0v) is 23.6. The number of anilines is 3. The fourth-order valence-corrected chi connectivity index (χ4v) is 6.20. The van der Waals surface area contributed by atoms with Gasteiger partial charge in [-0.1, -0.05) is 32.6 Å². The topological polar surface area (TPSA) is 123 Å². The molecular formula is C26H39N5O4S2. The number of carbonyl (C=O) groups is 1. The quantitative estimate of drug-likeness (QED) is 0.342. The van der Waals surface area contributed by atoms with E-state index in [1.54, 1.807) is 36.4 Å². The first kappa shape index (κ1) is 28.9. The number of hydrogen-bond donors (Lipinski definition) is 3. The normalized spacial score (nSPS) is 15.7. The molecule has 0 aliphatic carbocycles. The lowest BCUT2D eigenvalue weighted by molar-refractivity contribution is 0.102. The largest absolute Gasteiger partial charge is 0.369 e. The Hall–Kier alpha value is -2.63. The minimum Gasteiger partial charge on any atom is -0.369 e. The molecule has 1 unspecified atom stereocenters. The predicted octanol–water partition coefficient (Wildman–Crippen LogP) is 4.12. The Bertz CT molecular complexity index is 1270. The molecule has 204 valence electrons. The van der Waals surface area contributed by atoms with Crippen molar-refractivity contribution < 1.29 is 17.4 Å². The minimum atomic E-state index is -3.58. The second-order valence-corrected chi connectivity index (χ2v) is 13.7. The van der Waals surface area contributed by atoms with Crippen molar-refractivity contribution in [2.75, 3.05) is 59.8 Å². The summed E-state index contributed by atoms with van der Waals surface area (Å²) in [6.45, 7) is 5.37. The second-order valence-electron chi connectivity index (χ2n) is 9.44. The standard InChI is InChI=1S/C26H39N5O4S2/c1-4-5-6-7-8-19-37(27,35)23-12-9-21(10-13-23)29-26(32)24-20-22(31-17-15-28-16-18-31)11-14-25(24)30(2)36(3,33)34/h9-14,20,27-28H,4-8,15-19H2,1-3H3,(H,29,32). The Kier molecular flexibility index (Phi) is 9.97. The van der Waals surface area contributed by atoms with Gasteiger partial charge in [-0.2, -0.15) is 0 Å². The number of nitrogens with one attached hydrogen (secondary N) is 3. The van der Waals surface area contributed by atoms with Gasteiger partial charge in [0, 0.05) is 55.2 Å². The van der Waals surface area contributed by atoms with Gasteiger partial charge in [-0.3, -0.25) is 9.10 Å². The number of nitrogens with zero attached hydrogens (tertiary/aromatic N) is 2. The van der Waals surface area contributed by atoms with Gasteiger partial charge in [-0.25, -0.2) is 17.4 Å². The van der Waals surface area contributed by atoms with Crippen LogP contribution in [0.2, 0.25) is 0 Å². The minimum absolute atomic E-state index is 0.240. The fourth-order valence-electron chi connectivity index (χ4n) is 4.26. The third-order valence-corrected chi connectivity index (χ3v) is 9.66. The summed E-state index contributed by atoms with van der Waals surface area (Å²) in [4.78, 5) is 15.9. The lowest BCUT2D eigenvalue weighted by Crippen LogP contribution is -2.43. The van der Waals surface area contributed by atoms with E-state index >= 15 is 0 Å². The van der Waals surface area contributed by atoms with Crippen LogP contribution in [0.3, 0.4) is 0 Å². The summed E-state index contributed by atoms with van der Waals surface area (Å²) in [5.74, 6) is -0.125. The first-order valence-corrected chi connectivity index (χ1v) is 16.3. The zero-order chi connectivity index (χ0) is 27.1. The molecule has 3 rings (SSSR count). The summed E-state index contributed by atoms with van der Waals surface area (Å²) in [5.41, 5.74) is 1.85. The second kappa shape index (κ2) is 12.7. The molecule has 1 heterocycles. The van der Waals surface area contributed by atoms with Crippen LogP contribution in [0.25, 0.3) is 0 Å². The number of sulfonamides is 1. The Morgan fingerprint density at radius 3 is 2.30 bits per heavy atom. The molecule has 3 N–H and O–H groups in total. The van der Waals surface area contributed by atoms with Crippen LogP contribution in [0.1, 0.15) is 49.4 Å². The smallest absolute Gasteiger partial charge is 0.257 e. The highest BCUT2D eigenvalue weighted by Gasteiger charge is 2.22. The van der Waals surface area contributed by atoms with Crippen LogP contribution in [-0.2, 0) is 19.8 Å². The summed E-state index contributed by atoms with van der Waals surface area (Å²) >= 11 is 0. The predicted molar refractivity (Wildman–Crippen MR) is 152 cm³/mol.